The van der Waals surface area contributed by atoms with Crippen LogP contribution in [0.3, 0.4) is 0 Å². The first kappa shape index (κ1) is 45.1. The van der Waals surface area contributed by atoms with Gasteiger partial charge >= 0.3 is 0 Å². The van der Waals surface area contributed by atoms with Gasteiger partial charge in [-0.2, -0.15) is 0 Å². The molecule has 0 heterocycles. The lowest BCUT2D eigenvalue weighted by Gasteiger charge is -2.31. The standard InChI is InChI=1S/C44H74N4O4/c1-7-9-11-13-15-17-19-23-35-51-41-29-25-39(26-30-41)45-43(49)37-47(3,4)33-21-22-34-48(5,6)38-44(50)46-40-27-31-42(32-28-40)52-36-24-20-18-16-14-12-10-8-2/h25-32H,7-24,33-38H2,1-6H3/p+2. The summed E-state index contributed by atoms with van der Waals surface area (Å²) in [5.41, 5.74) is 1.58. The van der Waals surface area contributed by atoms with Crippen LogP contribution in [0, 0.1) is 0 Å². The van der Waals surface area contributed by atoms with Crippen LogP contribution in [0.2, 0.25) is 0 Å². The number of nitrogens with zero attached hydrogens (tertiary/aromatic N) is 2. The number of carbonyl (C=O) groups excluding carboxylic acids is 2. The van der Waals surface area contributed by atoms with E-state index in [0.29, 0.717) is 22.1 Å². The number of amides is 2. The molecule has 0 fully saturated rings. The molecular weight excluding hydrogens is 649 g/mol. The number of hydrogen-bond acceptors (Lipinski definition) is 4. The van der Waals surface area contributed by atoms with Crippen molar-refractivity contribution in [3.05, 3.63) is 48.5 Å². The van der Waals surface area contributed by atoms with Gasteiger partial charge in [0.2, 0.25) is 0 Å². The van der Waals surface area contributed by atoms with E-state index in [1.165, 1.54) is 89.9 Å². The SMILES string of the molecule is CCCCCCCCCCOc1ccc(NC(=O)C[N+](C)(C)CCCC[N+](C)(C)CC(=O)Nc2ccc(OCCCCCCCCCC)cc2)cc1. The lowest BCUT2D eigenvalue weighted by Crippen LogP contribution is -2.48. The minimum absolute atomic E-state index is 0.00785. The number of nitrogens with one attached hydrogen (secondary N) is 2. The Morgan fingerprint density at radius 3 is 1.10 bits per heavy atom. The number of carbonyl (C=O) groups is 2. The van der Waals surface area contributed by atoms with Gasteiger partial charge in [-0.1, -0.05) is 104 Å². The molecule has 0 saturated carbocycles. The fraction of sp³-hybridized carbons (Fsp3) is 0.682. The molecule has 2 amide bonds. The highest BCUT2D eigenvalue weighted by Gasteiger charge is 2.23. The van der Waals surface area contributed by atoms with Crippen LogP contribution in [0.4, 0.5) is 11.4 Å². The number of hydrogen-bond donors (Lipinski definition) is 2. The van der Waals surface area contributed by atoms with Gasteiger partial charge in [-0.3, -0.25) is 9.59 Å². The summed E-state index contributed by atoms with van der Waals surface area (Å²) in [6.07, 6.45) is 22.5. The molecule has 8 heteroatoms. The van der Waals surface area contributed by atoms with Crippen LogP contribution < -0.4 is 20.1 Å². The van der Waals surface area contributed by atoms with E-state index >= 15 is 0 Å². The maximum absolute atomic E-state index is 12.9. The minimum Gasteiger partial charge on any atom is -0.494 e. The molecule has 0 unspecified atom stereocenters. The van der Waals surface area contributed by atoms with Gasteiger partial charge in [0.25, 0.3) is 11.8 Å². The van der Waals surface area contributed by atoms with E-state index in [-0.39, 0.29) is 11.8 Å². The molecule has 0 saturated heterocycles. The number of likely N-dealkylation sites (N-methyl/N-ethyl adjacent to an activating group) is 2. The number of quaternary nitrogens is 2. The molecule has 2 N–H and O–H groups in total. The Morgan fingerprint density at radius 2 is 0.769 bits per heavy atom. The Balaban J connectivity index is 1.58. The highest BCUT2D eigenvalue weighted by atomic mass is 16.5. The fourth-order valence-corrected chi connectivity index (χ4v) is 6.54. The second-order valence-corrected chi connectivity index (χ2v) is 16.1. The third-order valence-electron chi connectivity index (χ3n) is 9.73. The first-order valence-corrected chi connectivity index (χ1v) is 20.7. The van der Waals surface area contributed by atoms with Crippen LogP contribution in [0.25, 0.3) is 0 Å². The van der Waals surface area contributed by atoms with Gasteiger partial charge in [0.15, 0.2) is 13.1 Å². The van der Waals surface area contributed by atoms with Crippen molar-refractivity contribution >= 4 is 23.2 Å². The Hall–Kier alpha value is -3.10. The van der Waals surface area contributed by atoms with E-state index in [1.54, 1.807) is 0 Å². The van der Waals surface area contributed by atoms with Crippen LogP contribution in [-0.4, -0.2) is 88.4 Å². The molecule has 2 aromatic carbocycles. The van der Waals surface area contributed by atoms with E-state index in [4.69, 9.17) is 9.47 Å². The maximum Gasteiger partial charge on any atom is 0.279 e. The molecule has 8 nitrogen and oxygen atoms in total. The number of rotatable bonds is 31. The summed E-state index contributed by atoms with van der Waals surface area (Å²) in [6, 6.07) is 15.4. The summed E-state index contributed by atoms with van der Waals surface area (Å²) in [5.74, 6) is 1.71. The second-order valence-electron chi connectivity index (χ2n) is 16.1. The number of unbranched alkanes of at least 4 members (excludes halogenated alkanes) is 15. The smallest absolute Gasteiger partial charge is 0.279 e. The molecule has 2 rings (SSSR count). The number of ether oxygens (including phenoxy) is 2. The highest BCUT2D eigenvalue weighted by molar-refractivity contribution is 5.92. The molecule has 0 bridgehead atoms. The van der Waals surface area contributed by atoms with Crippen molar-refractivity contribution < 1.29 is 28.0 Å². The van der Waals surface area contributed by atoms with E-state index < -0.39 is 0 Å². The molecule has 0 aliphatic heterocycles. The Kier molecular flexibility index (Phi) is 23.1. The molecule has 52 heavy (non-hydrogen) atoms. The van der Waals surface area contributed by atoms with E-state index in [0.717, 1.165) is 74.9 Å². The van der Waals surface area contributed by atoms with Gasteiger partial charge in [0, 0.05) is 24.2 Å². The van der Waals surface area contributed by atoms with Crippen LogP contribution in [0.15, 0.2) is 48.5 Å². The zero-order valence-electron chi connectivity index (χ0n) is 34.1. The van der Waals surface area contributed by atoms with Gasteiger partial charge in [-0.15, -0.1) is 0 Å². The van der Waals surface area contributed by atoms with Crippen molar-refractivity contribution in [1.82, 2.24) is 0 Å². The third-order valence-corrected chi connectivity index (χ3v) is 9.73. The quantitative estimate of drug-likeness (QED) is 0.0600. The monoisotopic (exact) mass is 725 g/mol. The van der Waals surface area contributed by atoms with Gasteiger partial charge in [0.05, 0.1) is 54.5 Å². The minimum atomic E-state index is 0.00785. The fourth-order valence-electron chi connectivity index (χ4n) is 6.54. The summed E-state index contributed by atoms with van der Waals surface area (Å²) in [5, 5.41) is 6.09. The van der Waals surface area contributed by atoms with E-state index in [1.807, 2.05) is 48.5 Å². The van der Waals surface area contributed by atoms with Gasteiger partial charge in [-0.05, 0) is 61.4 Å². The third kappa shape index (κ3) is 22.8. The first-order chi connectivity index (χ1) is 25.0. The predicted molar refractivity (Wildman–Crippen MR) is 219 cm³/mol. The predicted octanol–water partition coefficient (Wildman–Crippen LogP) is 10.2. The average Bonchev–Trinajstić information content (AvgIpc) is 3.09. The molecular formula is C44H76N4O4+2. The maximum atomic E-state index is 12.9. The number of anilines is 2. The zero-order chi connectivity index (χ0) is 37.9. The van der Waals surface area contributed by atoms with Gasteiger partial charge in [-0.25, -0.2) is 0 Å². The van der Waals surface area contributed by atoms with Crippen molar-refractivity contribution in [2.45, 2.75) is 129 Å². The van der Waals surface area contributed by atoms with Crippen LogP contribution in [0.5, 0.6) is 11.5 Å². The van der Waals surface area contributed by atoms with Crippen molar-refractivity contribution in [1.29, 1.82) is 0 Å². The molecule has 0 radical (unpaired) electrons. The molecule has 0 aromatic heterocycles. The molecule has 0 spiro atoms. The van der Waals surface area contributed by atoms with Crippen molar-refractivity contribution in [3.63, 3.8) is 0 Å². The largest absolute Gasteiger partial charge is 0.494 e. The van der Waals surface area contributed by atoms with Crippen molar-refractivity contribution in [3.8, 4) is 11.5 Å². The van der Waals surface area contributed by atoms with Crippen molar-refractivity contribution in [2.75, 3.05) is 78.2 Å². The Morgan fingerprint density at radius 1 is 0.462 bits per heavy atom. The molecule has 0 atom stereocenters. The summed E-state index contributed by atoms with van der Waals surface area (Å²) < 4.78 is 13.0. The average molecular weight is 725 g/mol. The topological polar surface area (TPSA) is 76.7 Å². The molecule has 0 aliphatic rings. The van der Waals surface area contributed by atoms with E-state index in [9.17, 15) is 9.59 Å². The van der Waals surface area contributed by atoms with Crippen molar-refractivity contribution in [2.24, 2.45) is 0 Å². The molecule has 0 aliphatic carbocycles. The van der Waals surface area contributed by atoms with Crippen LogP contribution in [0.1, 0.15) is 129 Å². The van der Waals surface area contributed by atoms with Crippen LogP contribution in [-0.2, 0) is 9.59 Å². The van der Waals surface area contributed by atoms with E-state index in [2.05, 4.69) is 52.7 Å². The summed E-state index contributed by atoms with van der Waals surface area (Å²) in [7, 11) is 8.40. The van der Waals surface area contributed by atoms with Gasteiger partial charge < -0.3 is 29.1 Å². The normalized spacial score (nSPS) is 11.7. The first-order valence-electron chi connectivity index (χ1n) is 20.7. The Labute approximate surface area is 318 Å². The summed E-state index contributed by atoms with van der Waals surface area (Å²) in [6.45, 7) is 8.56. The second kappa shape index (κ2) is 26.6. The Bertz CT molecular complexity index is 1120. The van der Waals surface area contributed by atoms with Gasteiger partial charge in [0.1, 0.15) is 11.5 Å². The summed E-state index contributed by atoms with van der Waals surface area (Å²) in [4.78, 5) is 25.7. The lowest BCUT2D eigenvalue weighted by atomic mass is 10.1. The highest BCUT2D eigenvalue weighted by Crippen LogP contribution is 2.19. The van der Waals surface area contributed by atoms with Crippen LogP contribution >= 0.6 is 0 Å². The summed E-state index contributed by atoms with van der Waals surface area (Å²) >= 11 is 0. The lowest BCUT2D eigenvalue weighted by molar-refractivity contribution is -0.888. The zero-order valence-corrected chi connectivity index (χ0v) is 34.1. The molecule has 2 aromatic rings. The number of benzene rings is 2. The molecule has 294 valence electrons.